The van der Waals surface area contributed by atoms with Crippen molar-refractivity contribution >= 4 is 27.4 Å². The number of hydrogen-bond acceptors (Lipinski definition) is 4. The van der Waals surface area contributed by atoms with Crippen LogP contribution < -0.4 is 0 Å². The molecule has 0 fully saturated rings. The van der Waals surface area contributed by atoms with Gasteiger partial charge in [-0.25, -0.2) is 4.79 Å². The molecular weight excluding hydrogens is 234 g/mol. The summed E-state index contributed by atoms with van der Waals surface area (Å²) in [4.78, 5) is 13.7. The second kappa shape index (κ2) is 4.85. The summed E-state index contributed by atoms with van der Waals surface area (Å²) in [6.45, 7) is 0. The van der Waals surface area contributed by atoms with Gasteiger partial charge in [-0.05, 0) is 36.5 Å². The minimum Gasteiger partial charge on any atom is -0.468 e. The van der Waals surface area contributed by atoms with Gasteiger partial charge in [-0.3, -0.25) is 4.90 Å². The smallest absolute Gasteiger partial charge is 0.327 e. The lowest BCUT2D eigenvalue weighted by molar-refractivity contribution is -0.146. The fourth-order valence-corrected chi connectivity index (χ4v) is 2.92. The summed E-state index contributed by atoms with van der Waals surface area (Å²) >= 11 is 1.65. The molecule has 0 aliphatic rings. The number of benzene rings is 1. The highest BCUT2D eigenvalue weighted by atomic mass is 32.1. The fourth-order valence-electron chi connectivity index (χ4n) is 1.94. The Bertz CT molecular complexity index is 533. The van der Waals surface area contributed by atoms with Gasteiger partial charge in [0, 0.05) is 4.70 Å². The molecule has 3 nitrogen and oxygen atoms in total. The van der Waals surface area contributed by atoms with Crippen LogP contribution >= 0.6 is 11.3 Å². The van der Waals surface area contributed by atoms with Gasteiger partial charge in [0.2, 0.25) is 0 Å². The molecule has 0 radical (unpaired) electrons. The summed E-state index contributed by atoms with van der Waals surface area (Å²) in [6.07, 6.45) is 0. The van der Waals surface area contributed by atoms with E-state index in [4.69, 9.17) is 4.74 Å². The Morgan fingerprint density at radius 1 is 1.35 bits per heavy atom. The minimum absolute atomic E-state index is 0.224. The van der Waals surface area contributed by atoms with Crippen molar-refractivity contribution < 1.29 is 9.53 Å². The Balaban J connectivity index is 2.53. The monoisotopic (exact) mass is 249 g/mol. The maximum absolute atomic E-state index is 11.8. The third kappa shape index (κ3) is 2.18. The second-order valence-electron chi connectivity index (χ2n) is 4.08. The largest absolute Gasteiger partial charge is 0.468 e. The van der Waals surface area contributed by atoms with Crippen LogP contribution in [0.15, 0.2) is 29.6 Å². The number of methoxy groups -OCH3 is 1. The van der Waals surface area contributed by atoms with Gasteiger partial charge in [-0.2, -0.15) is 0 Å². The molecule has 0 N–H and O–H groups in total. The first kappa shape index (κ1) is 12.1. The van der Waals surface area contributed by atoms with Crippen LogP contribution in [0.3, 0.4) is 0 Å². The zero-order valence-electron chi connectivity index (χ0n) is 10.1. The van der Waals surface area contributed by atoms with E-state index in [2.05, 4.69) is 6.07 Å². The molecule has 17 heavy (non-hydrogen) atoms. The summed E-state index contributed by atoms with van der Waals surface area (Å²) in [6, 6.07) is 7.76. The van der Waals surface area contributed by atoms with E-state index < -0.39 is 0 Å². The Labute approximate surface area is 105 Å². The summed E-state index contributed by atoms with van der Waals surface area (Å²) in [5.41, 5.74) is 1.02. The number of fused-ring (bicyclic) bond motifs is 1. The molecule has 0 saturated carbocycles. The van der Waals surface area contributed by atoms with E-state index in [0.717, 1.165) is 10.9 Å². The number of thiophene rings is 1. The van der Waals surface area contributed by atoms with Crippen LogP contribution in [0, 0.1) is 0 Å². The summed E-state index contributed by atoms with van der Waals surface area (Å²) < 4.78 is 6.06. The molecule has 1 heterocycles. The van der Waals surface area contributed by atoms with Gasteiger partial charge in [0.25, 0.3) is 0 Å². The van der Waals surface area contributed by atoms with Crippen molar-refractivity contribution in [2.24, 2.45) is 0 Å². The zero-order valence-corrected chi connectivity index (χ0v) is 11.0. The van der Waals surface area contributed by atoms with E-state index >= 15 is 0 Å². The molecule has 1 aromatic carbocycles. The van der Waals surface area contributed by atoms with Gasteiger partial charge in [0.05, 0.1) is 7.11 Å². The Morgan fingerprint density at radius 2 is 2.06 bits per heavy atom. The lowest BCUT2D eigenvalue weighted by Gasteiger charge is -2.21. The molecule has 90 valence electrons. The van der Waals surface area contributed by atoms with Crippen molar-refractivity contribution in [1.29, 1.82) is 0 Å². The quantitative estimate of drug-likeness (QED) is 0.783. The first-order chi connectivity index (χ1) is 8.15. The molecule has 2 aromatic rings. The van der Waals surface area contributed by atoms with Crippen LogP contribution in [0.2, 0.25) is 0 Å². The van der Waals surface area contributed by atoms with Gasteiger partial charge in [-0.1, -0.05) is 18.2 Å². The topological polar surface area (TPSA) is 29.5 Å². The molecule has 0 aliphatic carbocycles. The van der Waals surface area contributed by atoms with Crippen molar-refractivity contribution in [3.8, 4) is 0 Å². The summed E-state index contributed by atoms with van der Waals surface area (Å²) in [5.74, 6) is -0.224. The van der Waals surface area contributed by atoms with Gasteiger partial charge in [0.1, 0.15) is 6.04 Å². The molecule has 4 heteroatoms. The molecule has 0 saturated heterocycles. The highest BCUT2D eigenvalue weighted by Crippen LogP contribution is 2.32. The number of carbonyl (C=O) groups is 1. The Morgan fingerprint density at radius 3 is 2.71 bits per heavy atom. The fraction of sp³-hybridized carbons (Fsp3) is 0.308. The summed E-state index contributed by atoms with van der Waals surface area (Å²) in [7, 11) is 5.19. The average Bonchev–Trinajstić information content (AvgIpc) is 2.73. The molecular formula is C13H15NO2S. The maximum atomic E-state index is 11.8. The molecule has 1 unspecified atom stereocenters. The highest BCUT2D eigenvalue weighted by Gasteiger charge is 2.26. The third-order valence-corrected chi connectivity index (χ3v) is 3.73. The van der Waals surface area contributed by atoms with Crippen LogP contribution in [-0.2, 0) is 9.53 Å². The molecule has 0 aliphatic heterocycles. The Hall–Kier alpha value is -1.39. The van der Waals surface area contributed by atoms with E-state index in [1.807, 2.05) is 42.6 Å². The van der Waals surface area contributed by atoms with Gasteiger partial charge >= 0.3 is 5.97 Å². The number of rotatable bonds is 3. The van der Waals surface area contributed by atoms with Crippen LogP contribution in [0.1, 0.15) is 11.6 Å². The van der Waals surface area contributed by atoms with Crippen molar-refractivity contribution in [1.82, 2.24) is 4.90 Å². The Kier molecular flexibility index (Phi) is 3.45. The molecule has 0 amide bonds. The van der Waals surface area contributed by atoms with Crippen molar-refractivity contribution in [3.05, 3.63) is 35.2 Å². The number of carbonyl (C=O) groups excluding carboxylic acids is 1. The van der Waals surface area contributed by atoms with Crippen LogP contribution in [0.5, 0.6) is 0 Å². The van der Waals surface area contributed by atoms with E-state index in [9.17, 15) is 4.79 Å². The number of esters is 1. The lowest BCUT2D eigenvalue weighted by atomic mass is 10.1. The number of nitrogens with zero attached hydrogens (tertiary/aromatic N) is 1. The first-order valence-corrected chi connectivity index (χ1v) is 6.23. The average molecular weight is 249 g/mol. The predicted molar refractivity (Wildman–Crippen MR) is 70.3 cm³/mol. The highest BCUT2D eigenvalue weighted by molar-refractivity contribution is 7.17. The second-order valence-corrected chi connectivity index (χ2v) is 4.99. The van der Waals surface area contributed by atoms with Gasteiger partial charge in [-0.15, -0.1) is 11.3 Å². The van der Waals surface area contributed by atoms with Crippen LogP contribution in [0.4, 0.5) is 0 Å². The number of ether oxygens (including phenoxy) is 1. The number of hydrogen-bond donors (Lipinski definition) is 0. The summed E-state index contributed by atoms with van der Waals surface area (Å²) in [5, 5.41) is 3.16. The lowest BCUT2D eigenvalue weighted by Crippen LogP contribution is -2.28. The standard InChI is InChI=1S/C13H15NO2S/c1-14(2)12(13(15)16-3)10-8-17-11-7-5-4-6-9(10)11/h4-8,12H,1-3H3. The van der Waals surface area contributed by atoms with Crippen molar-refractivity contribution in [3.63, 3.8) is 0 Å². The van der Waals surface area contributed by atoms with Crippen molar-refractivity contribution in [2.75, 3.05) is 21.2 Å². The number of likely N-dealkylation sites (N-methyl/N-ethyl adjacent to an activating group) is 1. The predicted octanol–water partition coefficient (Wildman–Crippen LogP) is 2.68. The van der Waals surface area contributed by atoms with E-state index in [-0.39, 0.29) is 12.0 Å². The van der Waals surface area contributed by atoms with Crippen molar-refractivity contribution in [2.45, 2.75) is 6.04 Å². The maximum Gasteiger partial charge on any atom is 0.327 e. The first-order valence-electron chi connectivity index (χ1n) is 5.35. The molecule has 1 atom stereocenters. The van der Waals surface area contributed by atoms with Gasteiger partial charge < -0.3 is 4.74 Å². The third-order valence-electron chi connectivity index (χ3n) is 2.75. The molecule has 0 spiro atoms. The zero-order chi connectivity index (χ0) is 12.4. The SMILES string of the molecule is COC(=O)C(c1csc2ccccc12)N(C)C. The van der Waals surface area contributed by atoms with E-state index in [1.54, 1.807) is 11.3 Å². The van der Waals surface area contributed by atoms with Gasteiger partial charge in [0.15, 0.2) is 0 Å². The molecule has 2 rings (SSSR count). The normalized spacial score (nSPS) is 12.9. The van der Waals surface area contributed by atoms with Crippen LogP contribution in [-0.4, -0.2) is 32.1 Å². The van der Waals surface area contributed by atoms with E-state index in [1.165, 1.54) is 11.8 Å². The minimum atomic E-state index is -0.337. The molecule has 1 aromatic heterocycles. The van der Waals surface area contributed by atoms with Crippen LogP contribution in [0.25, 0.3) is 10.1 Å². The van der Waals surface area contributed by atoms with E-state index in [0.29, 0.717) is 0 Å². The molecule has 0 bridgehead atoms.